The number of carbonyl (C=O) groups excluding carboxylic acids is 1. The molecule has 1 amide bonds. The number of benzene rings is 2. The average Bonchev–Trinajstić information content (AvgIpc) is 3.53. The number of ether oxygens (including phenoxy) is 1. The van der Waals surface area contributed by atoms with Gasteiger partial charge < -0.3 is 20.3 Å². The highest BCUT2D eigenvalue weighted by Gasteiger charge is 2.40. The van der Waals surface area contributed by atoms with Crippen LogP contribution in [-0.4, -0.2) is 29.1 Å². The van der Waals surface area contributed by atoms with Gasteiger partial charge in [0.25, 0.3) is 5.91 Å². The number of nitrogens with zero attached hydrogens (tertiary/aromatic N) is 1. The molecule has 0 saturated heterocycles. The molecule has 1 fully saturated rings. The van der Waals surface area contributed by atoms with Crippen molar-refractivity contribution in [3.63, 3.8) is 0 Å². The number of anilines is 1. The first-order valence-corrected chi connectivity index (χ1v) is 10.3. The van der Waals surface area contributed by atoms with Crippen LogP contribution < -0.4 is 15.4 Å². The lowest BCUT2D eigenvalue weighted by molar-refractivity contribution is -0.113. The predicted octanol–water partition coefficient (Wildman–Crippen LogP) is 4.65. The largest absolute Gasteiger partial charge is 0.495 e. The number of allylic oxidation sites excluding steroid dienone is 1. The molecular weight excluding hydrogens is 406 g/mol. The summed E-state index contributed by atoms with van der Waals surface area (Å²) >= 11 is 11.7. The maximum Gasteiger partial charge on any atom is 0.255 e. The number of thiocarbonyl (C=S) groups is 1. The molecule has 5 nitrogen and oxygen atoms in total. The first-order valence-electron chi connectivity index (χ1n) is 9.50. The van der Waals surface area contributed by atoms with Crippen LogP contribution in [0.5, 0.6) is 5.75 Å². The minimum absolute atomic E-state index is 0.187. The Morgan fingerprint density at radius 1 is 1.21 bits per heavy atom. The Hall–Kier alpha value is -2.57. The molecule has 1 heterocycles. The van der Waals surface area contributed by atoms with E-state index in [9.17, 15) is 4.79 Å². The van der Waals surface area contributed by atoms with Crippen LogP contribution in [0.3, 0.4) is 0 Å². The highest BCUT2D eigenvalue weighted by Crippen LogP contribution is 2.38. The minimum Gasteiger partial charge on any atom is -0.495 e. The molecule has 1 unspecified atom stereocenters. The lowest BCUT2D eigenvalue weighted by Crippen LogP contribution is -2.49. The summed E-state index contributed by atoms with van der Waals surface area (Å²) in [6.07, 6.45) is 2.15. The van der Waals surface area contributed by atoms with E-state index in [1.807, 2.05) is 55.5 Å². The molecule has 0 bridgehead atoms. The molecular formula is C22H22ClN3O2S. The van der Waals surface area contributed by atoms with Crippen molar-refractivity contribution in [3.05, 3.63) is 70.4 Å². The summed E-state index contributed by atoms with van der Waals surface area (Å²) in [6.45, 7) is 1.96. The molecule has 7 heteroatoms. The van der Waals surface area contributed by atoms with Crippen LogP contribution in [0.1, 0.15) is 31.4 Å². The molecule has 1 aliphatic heterocycles. The zero-order valence-electron chi connectivity index (χ0n) is 16.2. The molecule has 1 aliphatic carbocycles. The van der Waals surface area contributed by atoms with Crippen molar-refractivity contribution in [3.8, 4) is 5.75 Å². The number of hydrogen-bond acceptors (Lipinski definition) is 3. The van der Waals surface area contributed by atoms with Gasteiger partial charge in [0.1, 0.15) is 5.75 Å². The van der Waals surface area contributed by atoms with E-state index in [0.29, 0.717) is 33.2 Å². The van der Waals surface area contributed by atoms with Gasteiger partial charge in [0, 0.05) is 16.8 Å². The molecule has 4 rings (SSSR count). The number of hydrogen-bond donors (Lipinski definition) is 2. The van der Waals surface area contributed by atoms with Crippen molar-refractivity contribution >= 4 is 40.5 Å². The van der Waals surface area contributed by atoms with E-state index < -0.39 is 0 Å². The van der Waals surface area contributed by atoms with Gasteiger partial charge in [-0.1, -0.05) is 35.9 Å². The smallest absolute Gasteiger partial charge is 0.255 e. The Morgan fingerprint density at radius 3 is 2.55 bits per heavy atom. The highest BCUT2D eigenvalue weighted by atomic mass is 35.5. The Bertz CT molecular complexity index is 986. The van der Waals surface area contributed by atoms with Crippen molar-refractivity contribution in [1.29, 1.82) is 0 Å². The third-order valence-electron chi connectivity index (χ3n) is 5.24. The lowest BCUT2D eigenvalue weighted by atomic mass is 9.94. The predicted molar refractivity (Wildman–Crippen MR) is 119 cm³/mol. The third kappa shape index (κ3) is 3.95. The van der Waals surface area contributed by atoms with Crippen LogP contribution in [0.4, 0.5) is 5.69 Å². The van der Waals surface area contributed by atoms with Crippen LogP contribution >= 0.6 is 23.8 Å². The van der Waals surface area contributed by atoms with Crippen LogP contribution in [0.15, 0.2) is 59.8 Å². The van der Waals surface area contributed by atoms with E-state index in [1.165, 1.54) is 0 Å². The third-order valence-corrected chi connectivity index (χ3v) is 5.81. The van der Waals surface area contributed by atoms with Gasteiger partial charge in [0.2, 0.25) is 0 Å². The zero-order chi connectivity index (χ0) is 20.5. The minimum atomic E-state index is -0.357. The normalized spacial score (nSPS) is 19.1. The highest BCUT2D eigenvalue weighted by molar-refractivity contribution is 7.80. The number of nitrogens with one attached hydrogen (secondary N) is 2. The Labute approximate surface area is 180 Å². The van der Waals surface area contributed by atoms with Gasteiger partial charge in [0.05, 0.1) is 24.4 Å². The summed E-state index contributed by atoms with van der Waals surface area (Å²) in [7, 11) is 1.58. The molecule has 2 N–H and O–H groups in total. The summed E-state index contributed by atoms with van der Waals surface area (Å²) in [5.41, 5.74) is 3.07. The number of amides is 1. The van der Waals surface area contributed by atoms with Crippen molar-refractivity contribution < 1.29 is 9.53 Å². The lowest BCUT2D eigenvalue weighted by Gasteiger charge is -2.38. The van der Waals surface area contributed by atoms with E-state index >= 15 is 0 Å². The summed E-state index contributed by atoms with van der Waals surface area (Å²) in [5, 5.41) is 7.67. The molecule has 2 aromatic carbocycles. The molecule has 1 saturated carbocycles. The Balaban J connectivity index is 1.74. The zero-order valence-corrected chi connectivity index (χ0v) is 17.8. The van der Waals surface area contributed by atoms with Gasteiger partial charge in [-0.2, -0.15) is 0 Å². The molecule has 0 aromatic heterocycles. The number of methoxy groups -OCH3 is 1. The SMILES string of the molecule is COc1ccccc1NC(=O)C1=C(C)N(C2CC2)C(=S)NC1c1ccc(Cl)cc1. The first-order chi connectivity index (χ1) is 14.0. The quantitative estimate of drug-likeness (QED) is 0.680. The topological polar surface area (TPSA) is 53.6 Å². The second-order valence-electron chi connectivity index (χ2n) is 7.19. The number of para-hydroxylation sites is 2. The van der Waals surface area contributed by atoms with Crippen LogP contribution in [0.2, 0.25) is 5.02 Å². The van der Waals surface area contributed by atoms with E-state index in [0.717, 1.165) is 24.1 Å². The number of rotatable bonds is 5. The Kier molecular flexibility index (Phi) is 5.48. The fourth-order valence-electron chi connectivity index (χ4n) is 3.67. The van der Waals surface area contributed by atoms with Crippen LogP contribution in [0.25, 0.3) is 0 Å². The molecule has 29 heavy (non-hydrogen) atoms. The molecule has 2 aromatic rings. The second kappa shape index (κ2) is 8.05. The fourth-order valence-corrected chi connectivity index (χ4v) is 4.20. The van der Waals surface area contributed by atoms with Gasteiger partial charge in [0.15, 0.2) is 5.11 Å². The monoisotopic (exact) mass is 427 g/mol. The summed E-state index contributed by atoms with van der Waals surface area (Å²) < 4.78 is 5.38. The molecule has 2 aliphatic rings. The molecule has 1 atom stereocenters. The van der Waals surface area contributed by atoms with Crippen LogP contribution in [-0.2, 0) is 4.79 Å². The molecule has 0 radical (unpaired) electrons. The van der Waals surface area contributed by atoms with Crippen molar-refractivity contribution in [1.82, 2.24) is 10.2 Å². The maximum absolute atomic E-state index is 13.4. The van der Waals surface area contributed by atoms with E-state index in [2.05, 4.69) is 15.5 Å². The van der Waals surface area contributed by atoms with Crippen LogP contribution in [0, 0.1) is 0 Å². The summed E-state index contributed by atoms with van der Waals surface area (Å²) in [5.74, 6) is 0.424. The van der Waals surface area contributed by atoms with Crippen molar-refractivity contribution in [2.24, 2.45) is 0 Å². The van der Waals surface area contributed by atoms with Gasteiger partial charge in [-0.25, -0.2) is 0 Å². The van der Waals surface area contributed by atoms with E-state index in [-0.39, 0.29) is 11.9 Å². The maximum atomic E-state index is 13.4. The van der Waals surface area contributed by atoms with E-state index in [4.69, 9.17) is 28.6 Å². The average molecular weight is 428 g/mol. The van der Waals surface area contributed by atoms with Gasteiger partial charge in [-0.05, 0) is 61.8 Å². The van der Waals surface area contributed by atoms with Crippen molar-refractivity contribution in [2.45, 2.75) is 31.8 Å². The summed E-state index contributed by atoms with van der Waals surface area (Å²) in [4.78, 5) is 15.5. The van der Waals surface area contributed by atoms with Crippen molar-refractivity contribution in [2.75, 3.05) is 12.4 Å². The number of halogens is 1. The van der Waals surface area contributed by atoms with Gasteiger partial charge in [-0.15, -0.1) is 0 Å². The molecule has 150 valence electrons. The summed E-state index contributed by atoms with van der Waals surface area (Å²) in [6, 6.07) is 14.8. The van der Waals surface area contributed by atoms with E-state index in [1.54, 1.807) is 7.11 Å². The first kappa shape index (κ1) is 19.7. The fraction of sp³-hybridized carbons (Fsp3) is 0.273. The Morgan fingerprint density at radius 2 is 1.90 bits per heavy atom. The standard InChI is InChI=1S/C22H22ClN3O2S/c1-13-19(21(27)24-17-5-3-4-6-18(17)28-2)20(14-7-9-15(23)10-8-14)25-22(29)26(13)16-11-12-16/h3-10,16,20H,11-12H2,1-2H3,(H,24,27)(H,25,29). The van der Waals surface area contributed by atoms with Gasteiger partial charge >= 0.3 is 0 Å². The number of carbonyl (C=O) groups is 1. The molecule has 0 spiro atoms. The van der Waals surface area contributed by atoms with Gasteiger partial charge in [-0.3, -0.25) is 4.79 Å². The second-order valence-corrected chi connectivity index (χ2v) is 8.01.